The van der Waals surface area contributed by atoms with Crippen LogP contribution in [0.15, 0.2) is 10.5 Å². The van der Waals surface area contributed by atoms with E-state index in [1.165, 1.54) is 0 Å². The predicted octanol–water partition coefficient (Wildman–Crippen LogP) is 2.52. The van der Waals surface area contributed by atoms with Gasteiger partial charge in [0.1, 0.15) is 0 Å². The molecular formula is C6H8N4S. The minimum absolute atomic E-state index is 0.368. The minimum Gasteiger partial charge on any atom is -0.246 e. The van der Waals surface area contributed by atoms with Gasteiger partial charge in [-0.3, -0.25) is 0 Å². The van der Waals surface area contributed by atoms with Crippen LogP contribution in [-0.4, -0.2) is 4.98 Å². The molecule has 0 N–H and O–H groups in total. The Bertz CT molecular complexity index is 274. The fourth-order valence-electron chi connectivity index (χ4n) is 0.688. The molecule has 0 aromatic carbocycles. The molecule has 0 atom stereocenters. The van der Waals surface area contributed by atoms with Gasteiger partial charge in [-0.2, -0.15) is 0 Å². The Balaban J connectivity index is 2.64. The van der Waals surface area contributed by atoms with Crippen molar-refractivity contribution in [1.82, 2.24) is 4.98 Å². The summed E-state index contributed by atoms with van der Waals surface area (Å²) < 4.78 is 0. The first-order valence-corrected chi connectivity index (χ1v) is 4.19. The first-order chi connectivity index (χ1) is 5.36. The molecule has 0 fully saturated rings. The van der Waals surface area contributed by atoms with Crippen LogP contribution in [0, 0.1) is 0 Å². The van der Waals surface area contributed by atoms with Crippen LogP contribution in [0.3, 0.4) is 0 Å². The second kappa shape index (κ2) is 3.95. The van der Waals surface area contributed by atoms with E-state index in [9.17, 15) is 0 Å². The lowest BCUT2D eigenvalue weighted by molar-refractivity contribution is 0.962. The molecule has 0 saturated heterocycles. The Hall–Kier alpha value is -1.06. The standard InChI is InChI=1S/C6H8N4S/c1-2-6-9-5(4-11-6)3-8-10-7/h4H,2-3H2,1H3. The molecule has 5 heteroatoms. The van der Waals surface area contributed by atoms with Gasteiger partial charge in [-0.15, -0.1) is 11.3 Å². The fourth-order valence-corrected chi connectivity index (χ4v) is 1.42. The lowest BCUT2D eigenvalue weighted by Gasteiger charge is -1.83. The van der Waals surface area contributed by atoms with E-state index in [4.69, 9.17) is 5.53 Å². The van der Waals surface area contributed by atoms with Crippen molar-refractivity contribution in [2.24, 2.45) is 5.11 Å². The highest BCUT2D eigenvalue weighted by molar-refractivity contribution is 7.09. The molecule has 1 rings (SSSR count). The number of azide groups is 1. The number of aromatic nitrogens is 1. The molecule has 11 heavy (non-hydrogen) atoms. The van der Waals surface area contributed by atoms with Crippen molar-refractivity contribution in [2.75, 3.05) is 0 Å². The van der Waals surface area contributed by atoms with E-state index in [2.05, 4.69) is 21.9 Å². The first kappa shape index (κ1) is 8.04. The maximum absolute atomic E-state index is 8.03. The zero-order valence-electron chi connectivity index (χ0n) is 6.19. The number of nitrogens with zero attached hydrogens (tertiary/aromatic N) is 4. The van der Waals surface area contributed by atoms with Gasteiger partial charge in [-0.25, -0.2) is 4.98 Å². The maximum Gasteiger partial charge on any atom is 0.0925 e. The number of aryl methyl sites for hydroxylation is 1. The molecule has 0 aliphatic carbocycles. The molecule has 0 amide bonds. The number of hydrogen-bond donors (Lipinski definition) is 0. The maximum atomic E-state index is 8.03. The minimum atomic E-state index is 0.368. The van der Waals surface area contributed by atoms with Crippen LogP contribution in [0.5, 0.6) is 0 Å². The molecule has 1 aromatic heterocycles. The third-order valence-electron chi connectivity index (χ3n) is 1.20. The summed E-state index contributed by atoms with van der Waals surface area (Å²) in [6.45, 7) is 2.42. The third-order valence-corrected chi connectivity index (χ3v) is 2.24. The van der Waals surface area contributed by atoms with E-state index in [-0.39, 0.29) is 0 Å². The van der Waals surface area contributed by atoms with Crippen molar-refractivity contribution in [1.29, 1.82) is 0 Å². The highest BCUT2D eigenvalue weighted by Crippen LogP contribution is 2.10. The van der Waals surface area contributed by atoms with E-state index >= 15 is 0 Å². The molecule has 1 heterocycles. The van der Waals surface area contributed by atoms with Gasteiger partial charge in [0, 0.05) is 10.3 Å². The third kappa shape index (κ3) is 2.22. The van der Waals surface area contributed by atoms with Crippen LogP contribution in [0.2, 0.25) is 0 Å². The lowest BCUT2D eigenvalue weighted by Crippen LogP contribution is -1.81. The van der Waals surface area contributed by atoms with Crippen LogP contribution in [0.25, 0.3) is 10.4 Å². The Morgan fingerprint density at radius 2 is 2.64 bits per heavy atom. The molecule has 0 saturated carbocycles. The van der Waals surface area contributed by atoms with E-state index in [0.29, 0.717) is 6.54 Å². The van der Waals surface area contributed by atoms with Gasteiger partial charge in [0.2, 0.25) is 0 Å². The summed E-state index contributed by atoms with van der Waals surface area (Å²) in [5.41, 5.74) is 8.89. The summed E-state index contributed by atoms with van der Waals surface area (Å²) in [6.07, 6.45) is 0.945. The Morgan fingerprint density at radius 3 is 3.18 bits per heavy atom. The smallest absolute Gasteiger partial charge is 0.0925 e. The van der Waals surface area contributed by atoms with E-state index in [0.717, 1.165) is 17.1 Å². The summed E-state index contributed by atoms with van der Waals surface area (Å²) in [5.74, 6) is 0. The molecule has 1 aromatic rings. The summed E-state index contributed by atoms with van der Waals surface area (Å²) in [6, 6.07) is 0. The molecule has 0 radical (unpaired) electrons. The Labute approximate surface area is 68.5 Å². The number of thiazole rings is 1. The lowest BCUT2D eigenvalue weighted by atomic mass is 10.5. The second-order valence-corrected chi connectivity index (χ2v) is 2.92. The zero-order chi connectivity index (χ0) is 8.10. The summed E-state index contributed by atoms with van der Waals surface area (Å²) >= 11 is 1.61. The molecule has 0 spiro atoms. The van der Waals surface area contributed by atoms with Crippen molar-refractivity contribution in [3.8, 4) is 0 Å². The van der Waals surface area contributed by atoms with Crippen molar-refractivity contribution in [2.45, 2.75) is 19.9 Å². The Morgan fingerprint density at radius 1 is 1.82 bits per heavy atom. The molecule has 0 bridgehead atoms. The van der Waals surface area contributed by atoms with Gasteiger partial charge >= 0.3 is 0 Å². The summed E-state index contributed by atoms with van der Waals surface area (Å²) in [4.78, 5) is 6.88. The van der Waals surface area contributed by atoms with E-state index < -0.39 is 0 Å². The van der Waals surface area contributed by atoms with Crippen molar-refractivity contribution in [3.63, 3.8) is 0 Å². The highest BCUT2D eigenvalue weighted by atomic mass is 32.1. The van der Waals surface area contributed by atoms with E-state index in [1.54, 1.807) is 11.3 Å². The fraction of sp³-hybridized carbons (Fsp3) is 0.500. The largest absolute Gasteiger partial charge is 0.246 e. The van der Waals surface area contributed by atoms with Crippen molar-refractivity contribution >= 4 is 11.3 Å². The second-order valence-electron chi connectivity index (χ2n) is 1.98. The molecule has 58 valence electrons. The number of rotatable bonds is 3. The van der Waals surface area contributed by atoms with Crippen molar-refractivity contribution in [3.05, 3.63) is 26.5 Å². The average Bonchev–Trinajstić information content (AvgIpc) is 2.48. The average molecular weight is 168 g/mol. The van der Waals surface area contributed by atoms with E-state index in [1.807, 2.05) is 5.38 Å². The van der Waals surface area contributed by atoms with Gasteiger partial charge in [0.05, 0.1) is 17.2 Å². The summed E-state index contributed by atoms with van der Waals surface area (Å²) in [7, 11) is 0. The van der Waals surface area contributed by atoms with Gasteiger partial charge in [-0.1, -0.05) is 12.0 Å². The van der Waals surface area contributed by atoms with Crippen LogP contribution >= 0.6 is 11.3 Å². The normalized spacial score (nSPS) is 9.18. The Kier molecular flexibility index (Phi) is 2.89. The summed E-state index contributed by atoms with van der Waals surface area (Å²) in [5, 5.41) is 6.43. The predicted molar refractivity (Wildman–Crippen MR) is 44.3 cm³/mol. The highest BCUT2D eigenvalue weighted by Gasteiger charge is 1.96. The molecule has 0 unspecified atom stereocenters. The monoisotopic (exact) mass is 168 g/mol. The number of hydrogen-bond acceptors (Lipinski definition) is 3. The topological polar surface area (TPSA) is 61.7 Å². The van der Waals surface area contributed by atoms with Gasteiger partial charge < -0.3 is 0 Å². The first-order valence-electron chi connectivity index (χ1n) is 3.31. The van der Waals surface area contributed by atoms with Crippen molar-refractivity contribution < 1.29 is 0 Å². The molecule has 4 nitrogen and oxygen atoms in total. The molecule has 0 aliphatic heterocycles. The van der Waals surface area contributed by atoms with Gasteiger partial charge in [0.25, 0.3) is 0 Å². The quantitative estimate of drug-likeness (QED) is 0.388. The van der Waals surface area contributed by atoms with Crippen LogP contribution in [-0.2, 0) is 13.0 Å². The SMILES string of the molecule is CCc1nc(CN=[N+]=[N-])cs1. The van der Waals surface area contributed by atoms with Gasteiger partial charge in [0.15, 0.2) is 0 Å². The molecule has 0 aliphatic rings. The van der Waals surface area contributed by atoms with Crippen LogP contribution in [0.4, 0.5) is 0 Å². The van der Waals surface area contributed by atoms with Gasteiger partial charge in [-0.05, 0) is 12.0 Å². The zero-order valence-corrected chi connectivity index (χ0v) is 7.01. The van der Waals surface area contributed by atoms with Crippen LogP contribution < -0.4 is 0 Å². The van der Waals surface area contributed by atoms with Crippen LogP contribution in [0.1, 0.15) is 17.6 Å². The molecular weight excluding hydrogens is 160 g/mol.